The first-order chi connectivity index (χ1) is 9.51. The second kappa shape index (κ2) is 4.74. The molecule has 21 heavy (non-hydrogen) atoms. The Morgan fingerprint density at radius 3 is 2.05 bits per heavy atom. The molecule has 8 heteroatoms. The second-order valence-corrected chi connectivity index (χ2v) is 7.20. The van der Waals surface area contributed by atoms with E-state index in [0.717, 1.165) is 0 Å². The quantitative estimate of drug-likeness (QED) is 0.723. The summed E-state index contributed by atoms with van der Waals surface area (Å²) in [6.45, 7) is 5.91. The predicted molar refractivity (Wildman–Crippen MR) is 80.9 cm³/mol. The molecule has 0 spiro atoms. The van der Waals surface area contributed by atoms with Gasteiger partial charge in [0.15, 0.2) is 5.82 Å². The summed E-state index contributed by atoms with van der Waals surface area (Å²) in [6.07, 6.45) is 0. The molecule has 5 N–H and O–H groups in total. The van der Waals surface area contributed by atoms with Crippen molar-refractivity contribution in [2.45, 2.75) is 31.1 Å². The van der Waals surface area contributed by atoms with Crippen LogP contribution in [0.2, 0.25) is 0 Å². The van der Waals surface area contributed by atoms with Gasteiger partial charge in [-0.2, -0.15) is 13.5 Å². The molecule has 0 amide bonds. The summed E-state index contributed by atoms with van der Waals surface area (Å²) in [5, 5.41) is 4.40. The van der Waals surface area contributed by atoms with Gasteiger partial charge in [-0.05, 0) is 24.3 Å². The molecule has 0 aliphatic rings. The van der Waals surface area contributed by atoms with Crippen LogP contribution in [0.25, 0.3) is 5.69 Å². The first-order valence-corrected chi connectivity index (χ1v) is 7.68. The Morgan fingerprint density at radius 1 is 1.14 bits per heavy atom. The number of nitrogen functional groups attached to an aromatic ring is 2. The van der Waals surface area contributed by atoms with Crippen LogP contribution in [0.4, 0.5) is 11.5 Å². The summed E-state index contributed by atoms with van der Waals surface area (Å²) in [6, 6.07) is 5.55. The zero-order valence-electron chi connectivity index (χ0n) is 12.0. The number of anilines is 2. The summed E-state index contributed by atoms with van der Waals surface area (Å²) < 4.78 is 32.5. The maximum absolute atomic E-state index is 11.0. The van der Waals surface area contributed by atoms with E-state index in [-0.39, 0.29) is 10.3 Å². The van der Waals surface area contributed by atoms with Crippen molar-refractivity contribution in [3.63, 3.8) is 0 Å². The highest BCUT2D eigenvalue weighted by atomic mass is 32.2. The van der Waals surface area contributed by atoms with Gasteiger partial charge >= 0.3 is 0 Å². The smallest absolute Gasteiger partial charge is 0.294 e. The SMILES string of the molecule is CC(C)(C)c1nn(-c2ccc(S(=O)(=O)O)cc2)c(N)c1N. The summed E-state index contributed by atoms with van der Waals surface area (Å²) in [4.78, 5) is -0.194. The van der Waals surface area contributed by atoms with E-state index in [4.69, 9.17) is 16.0 Å². The van der Waals surface area contributed by atoms with E-state index in [0.29, 0.717) is 22.9 Å². The van der Waals surface area contributed by atoms with Crippen LogP contribution in [-0.2, 0) is 15.5 Å². The molecular weight excluding hydrogens is 292 g/mol. The zero-order chi connectivity index (χ0) is 16.0. The van der Waals surface area contributed by atoms with Gasteiger partial charge < -0.3 is 11.5 Å². The van der Waals surface area contributed by atoms with E-state index in [1.54, 1.807) is 0 Å². The Kier molecular flexibility index (Phi) is 3.46. The van der Waals surface area contributed by atoms with E-state index in [1.807, 2.05) is 20.8 Å². The van der Waals surface area contributed by atoms with Gasteiger partial charge in [0.25, 0.3) is 10.1 Å². The topological polar surface area (TPSA) is 124 Å². The van der Waals surface area contributed by atoms with Crippen LogP contribution in [-0.4, -0.2) is 22.8 Å². The lowest BCUT2D eigenvalue weighted by Crippen LogP contribution is -2.14. The van der Waals surface area contributed by atoms with Crippen LogP contribution in [0, 0.1) is 0 Å². The number of aromatic nitrogens is 2. The van der Waals surface area contributed by atoms with Crippen LogP contribution in [0.15, 0.2) is 29.2 Å². The molecule has 2 rings (SSSR count). The third-order valence-electron chi connectivity index (χ3n) is 3.05. The third kappa shape index (κ3) is 2.86. The van der Waals surface area contributed by atoms with Crippen LogP contribution >= 0.6 is 0 Å². The van der Waals surface area contributed by atoms with Crippen molar-refractivity contribution in [3.8, 4) is 5.69 Å². The lowest BCUT2D eigenvalue weighted by atomic mass is 9.91. The summed E-state index contributed by atoms with van der Waals surface area (Å²) >= 11 is 0. The minimum atomic E-state index is -4.22. The van der Waals surface area contributed by atoms with Crippen LogP contribution in [0.3, 0.4) is 0 Å². The van der Waals surface area contributed by atoms with Gasteiger partial charge in [-0.25, -0.2) is 4.68 Å². The van der Waals surface area contributed by atoms with Crippen molar-refractivity contribution in [3.05, 3.63) is 30.0 Å². The Hall–Kier alpha value is -2.06. The Labute approximate surface area is 123 Å². The van der Waals surface area contributed by atoms with Crippen LogP contribution in [0.5, 0.6) is 0 Å². The molecule has 0 saturated carbocycles. The van der Waals surface area contributed by atoms with Gasteiger partial charge in [0, 0.05) is 5.41 Å². The summed E-state index contributed by atoms with van der Waals surface area (Å²) in [7, 11) is -4.22. The fourth-order valence-corrected chi connectivity index (χ4v) is 2.43. The first kappa shape index (κ1) is 15.3. The van der Waals surface area contributed by atoms with Gasteiger partial charge in [-0.3, -0.25) is 4.55 Å². The zero-order valence-corrected chi connectivity index (χ0v) is 12.8. The molecule has 7 nitrogen and oxygen atoms in total. The number of rotatable bonds is 2. The van der Waals surface area contributed by atoms with E-state index in [2.05, 4.69) is 5.10 Å². The lowest BCUT2D eigenvalue weighted by molar-refractivity contribution is 0.483. The molecular formula is C13H18N4O3S. The van der Waals surface area contributed by atoms with Gasteiger partial charge in [0.2, 0.25) is 0 Å². The molecule has 1 aromatic carbocycles. The number of hydrogen-bond donors (Lipinski definition) is 3. The number of hydrogen-bond acceptors (Lipinski definition) is 5. The summed E-state index contributed by atoms with van der Waals surface area (Å²) in [5.74, 6) is 0.291. The van der Waals surface area contributed by atoms with E-state index in [1.165, 1.54) is 28.9 Å². The second-order valence-electron chi connectivity index (χ2n) is 5.78. The van der Waals surface area contributed by atoms with Crippen molar-refractivity contribution in [1.29, 1.82) is 0 Å². The third-order valence-corrected chi connectivity index (χ3v) is 3.92. The highest BCUT2D eigenvalue weighted by Crippen LogP contribution is 2.32. The van der Waals surface area contributed by atoms with Crippen molar-refractivity contribution < 1.29 is 13.0 Å². The number of nitrogens with two attached hydrogens (primary N) is 2. The molecule has 0 bridgehead atoms. The molecule has 0 atom stereocenters. The maximum atomic E-state index is 11.0. The van der Waals surface area contributed by atoms with Crippen molar-refractivity contribution in [2.24, 2.45) is 0 Å². The first-order valence-electron chi connectivity index (χ1n) is 6.24. The standard InChI is InChI=1S/C13H18N4O3S/c1-13(2,3)11-10(14)12(15)17(16-11)8-4-6-9(7-5-8)21(18,19)20/h4-7H,14-15H2,1-3H3,(H,18,19,20). The monoisotopic (exact) mass is 310 g/mol. The highest BCUT2D eigenvalue weighted by molar-refractivity contribution is 7.85. The molecule has 0 saturated heterocycles. The van der Waals surface area contributed by atoms with Gasteiger partial charge in [-0.15, -0.1) is 0 Å². The Morgan fingerprint density at radius 2 is 1.67 bits per heavy atom. The fourth-order valence-electron chi connectivity index (χ4n) is 1.95. The molecule has 0 fully saturated rings. The minimum Gasteiger partial charge on any atom is -0.394 e. The average Bonchev–Trinajstić information content (AvgIpc) is 2.65. The molecule has 1 aromatic heterocycles. The van der Waals surface area contributed by atoms with Crippen molar-refractivity contribution in [2.75, 3.05) is 11.5 Å². The maximum Gasteiger partial charge on any atom is 0.294 e. The van der Waals surface area contributed by atoms with Gasteiger partial charge in [-0.1, -0.05) is 20.8 Å². The largest absolute Gasteiger partial charge is 0.394 e. The van der Waals surface area contributed by atoms with Gasteiger partial charge in [0.1, 0.15) is 0 Å². The van der Waals surface area contributed by atoms with Crippen molar-refractivity contribution in [1.82, 2.24) is 9.78 Å². The number of benzene rings is 1. The predicted octanol–water partition coefficient (Wildman–Crippen LogP) is 1.58. The molecule has 0 unspecified atom stereocenters. The number of nitrogens with zero attached hydrogens (tertiary/aromatic N) is 2. The molecule has 114 valence electrons. The van der Waals surface area contributed by atoms with E-state index >= 15 is 0 Å². The van der Waals surface area contributed by atoms with E-state index in [9.17, 15) is 8.42 Å². The molecule has 0 radical (unpaired) electrons. The summed E-state index contributed by atoms with van der Waals surface area (Å²) in [5.41, 5.74) is 13.3. The fraction of sp³-hybridized carbons (Fsp3) is 0.308. The average molecular weight is 310 g/mol. The Bertz CT molecular complexity index is 771. The highest BCUT2D eigenvalue weighted by Gasteiger charge is 2.24. The Balaban J connectivity index is 2.53. The normalized spacial score (nSPS) is 12.6. The van der Waals surface area contributed by atoms with Gasteiger partial charge in [0.05, 0.1) is 22.0 Å². The molecule has 0 aliphatic heterocycles. The minimum absolute atomic E-state index is 0.194. The van der Waals surface area contributed by atoms with Crippen LogP contribution in [0.1, 0.15) is 26.5 Å². The van der Waals surface area contributed by atoms with Crippen LogP contribution < -0.4 is 11.5 Å². The van der Waals surface area contributed by atoms with Crippen molar-refractivity contribution >= 4 is 21.6 Å². The molecule has 2 aromatic rings. The van der Waals surface area contributed by atoms with E-state index < -0.39 is 10.1 Å². The molecule has 0 aliphatic carbocycles. The lowest BCUT2D eigenvalue weighted by Gasteiger charge is -2.15. The molecule has 1 heterocycles.